The molecule has 0 radical (unpaired) electrons. The van der Waals surface area contributed by atoms with Crippen molar-refractivity contribution in [3.8, 4) is 5.75 Å². The Hall–Kier alpha value is -3.55. The van der Waals surface area contributed by atoms with Crippen molar-refractivity contribution in [2.45, 2.75) is 19.9 Å². The first-order chi connectivity index (χ1) is 13.5. The first kappa shape index (κ1) is 19.2. The number of hydrazine groups is 1. The number of aryl methyl sites for hydroxylation is 2. The van der Waals surface area contributed by atoms with Gasteiger partial charge in [0, 0.05) is 7.05 Å². The van der Waals surface area contributed by atoms with Crippen LogP contribution in [0.1, 0.15) is 12.5 Å². The van der Waals surface area contributed by atoms with Crippen LogP contribution in [0.2, 0.25) is 0 Å². The lowest BCUT2D eigenvalue weighted by Gasteiger charge is -2.11. The minimum atomic E-state index is -0.513. The zero-order valence-corrected chi connectivity index (χ0v) is 15.8. The summed E-state index contributed by atoms with van der Waals surface area (Å²) in [5.74, 6) is -0.376. The summed E-state index contributed by atoms with van der Waals surface area (Å²) in [6.45, 7) is 1.56. The Morgan fingerprint density at radius 2 is 1.61 bits per heavy atom. The van der Waals surface area contributed by atoms with Crippen LogP contribution in [0.3, 0.4) is 0 Å². The zero-order chi connectivity index (χ0) is 20.1. The Labute approximate surface area is 161 Å². The van der Waals surface area contributed by atoms with E-state index in [1.54, 1.807) is 31.3 Å². The summed E-state index contributed by atoms with van der Waals surface area (Å²) in [6, 6.07) is 14.6. The SMILES string of the molecule is CCc1ccccc1OCC(=O)NNC(=O)Cn1c(=O)n(C)c2ccccc21. The van der Waals surface area contributed by atoms with Crippen LogP contribution in [0.5, 0.6) is 5.75 Å². The minimum Gasteiger partial charge on any atom is -0.483 e. The number of aromatic nitrogens is 2. The van der Waals surface area contributed by atoms with Crippen molar-refractivity contribution < 1.29 is 14.3 Å². The van der Waals surface area contributed by atoms with Crippen molar-refractivity contribution in [2.75, 3.05) is 6.61 Å². The minimum absolute atomic E-state index is 0.208. The molecule has 0 bridgehead atoms. The van der Waals surface area contributed by atoms with Crippen LogP contribution in [-0.4, -0.2) is 27.6 Å². The molecule has 0 spiro atoms. The maximum absolute atomic E-state index is 12.3. The first-order valence-electron chi connectivity index (χ1n) is 8.94. The van der Waals surface area contributed by atoms with Gasteiger partial charge in [-0.1, -0.05) is 37.3 Å². The number of fused-ring (bicyclic) bond motifs is 1. The average Bonchev–Trinajstić information content (AvgIpc) is 2.96. The Bertz CT molecular complexity index is 1070. The molecule has 2 aromatic carbocycles. The van der Waals surface area contributed by atoms with Crippen molar-refractivity contribution in [3.63, 3.8) is 0 Å². The van der Waals surface area contributed by atoms with Gasteiger partial charge in [-0.05, 0) is 30.2 Å². The molecule has 8 nitrogen and oxygen atoms in total. The van der Waals surface area contributed by atoms with E-state index in [-0.39, 0.29) is 18.8 Å². The van der Waals surface area contributed by atoms with Crippen molar-refractivity contribution in [3.05, 3.63) is 64.6 Å². The molecule has 1 aromatic heterocycles. The van der Waals surface area contributed by atoms with Gasteiger partial charge in [0.15, 0.2) is 6.61 Å². The molecule has 0 saturated carbocycles. The number of imidazole rings is 1. The van der Waals surface area contributed by atoms with E-state index in [9.17, 15) is 14.4 Å². The predicted octanol–water partition coefficient (Wildman–Crippen LogP) is 1.13. The summed E-state index contributed by atoms with van der Waals surface area (Å²) in [5, 5.41) is 0. The average molecular weight is 382 g/mol. The summed E-state index contributed by atoms with van der Waals surface area (Å²) < 4.78 is 8.32. The zero-order valence-electron chi connectivity index (χ0n) is 15.8. The molecule has 0 aliphatic rings. The Balaban J connectivity index is 1.56. The normalized spacial score (nSPS) is 10.6. The number of carbonyl (C=O) groups excluding carboxylic acids is 2. The van der Waals surface area contributed by atoms with E-state index in [0.29, 0.717) is 11.3 Å². The number of amides is 2. The maximum atomic E-state index is 12.3. The molecule has 1 heterocycles. The van der Waals surface area contributed by atoms with E-state index in [4.69, 9.17) is 4.74 Å². The van der Waals surface area contributed by atoms with E-state index in [1.807, 2.05) is 31.2 Å². The van der Waals surface area contributed by atoms with E-state index < -0.39 is 11.8 Å². The molecule has 2 N–H and O–H groups in total. The van der Waals surface area contributed by atoms with Crippen LogP contribution >= 0.6 is 0 Å². The van der Waals surface area contributed by atoms with Crippen molar-refractivity contribution >= 4 is 22.8 Å². The quantitative estimate of drug-likeness (QED) is 0.625. The topological polar surface area (TPSA) is 94.4 Å². The van der Waals surface area contributed by atoms with Crippen LogP contribution in [0, 0.1) is 0 Å². The number of ether oxygens (including phenoxy) is 1. The molecule has 0 atom stereocenters. The second-order valence-electron chi connectivity index (χ2n) is 6.26. The molecule has 0 fully saturated rings. The molecule has 0 saturated heterocycles. The molecule has 0 unspecified atom stereocenters. The summed E-state index contributed by atoms with van der Waals surface area (Å²) in [5.41, 5.74) is 6.68. The number of nitrogens with one attached hydrogen (secondary N) is 2. The van der Waals surface area contributed by atoms with Gasteiger partial charge in [0.25, 0.3) is 11.8 Å². The van der Waals surface area contributed by atoms with Crippen molar-refractivity contribution in [1.82, 2.24) is 20.0 Å². The summed E-state index contributed by atoms with van der Waals surface area (Å²) >= 11 is 0. The molecule has 2 amide bonds. The second kappa shape index (κ2) is 8.43. The van der Waals surface area contributed by atoms with Crippen LogP contribution in [0.4, 0.5) is 0 Å². The highest BCUT2D eigenvalue weighted by Crippen LogP contribution is 2.17. The monoisotopic (exact) mass is 382 g/mol. The highest BCUT2D eigenvalue weighted by molar-refractivity contribution is 5.84. The fourth-order valence-corrected chi connectivity index (χ4v) is 2.95. The maximum Gasteiger partial charge on any atom is 0.329 e. The smallest absolute Gasteiger partial charge is 0.329 e. The third kappa shape index (κ3) is 4.06. The van der Waals surface area contributed by atoms with Gasteiger partial charge in [0.05, 0.1) is 11.0 Å². The number of carbonyl (C=O) groups is 2. The molecule has 0 aliphatic heterocycles. The lowest BCUT2D eigenvalue weighted by Crippen LogP contribution is -2.45. The molecule has 3 rings (SSSR count). The lowest BCUT2D eigenvalue weighted by molar-refractivity contribution is -0.130. The van der Waals surface area contributed by atoms with Gasteiger partial charge in [-0.25, -0.2) is 4.79 Å². The summed E-state index contributed by atoms with van der Waals surface area (Å²) in [6.07, 6.45) is 0.786. The predicted molar refractivity (Wildman–Crippen MR) is 105 cm³/mol. The molecule has 8 heteroatoms. The van der Waals surface area contributed by atoms with Crippen LogP contribution in [-0.2, 0) is 29.6 Å². The van der Waals surface area contributed by atoms with Gasteiger partial charge in [0.1, 0.15) is 12.3 Å². The molecule has 3 aromatic rings. The van der Waals surface area contributed by atoms with E-state index in [2.05, 4.69) is 10.9 Å². The fourth-order valence-electron chi connectivity index (χ4n) is 2.95. The van der Waals surface area contributed by atoms with Crippen LogP contribution in [0.25, 0.3) is 11.0 Å². The largest absolute Gasteiger partial charge is 0.483 e. The Morgan fingerprint density at radius 3 is 2.36 bits per heavy atom. The highest BCUT2D eigenvalue weighted by Gasteiger charge is 2.14. The third-order valence-corrected chi connectivity index (χ3v) is 4.41. The van der Waals surface area contributed by atoms with Gasteiger partial charge in [-0.3, -0.25) is 29.6 Å². The number of hydrogen-bond donors (Lipinski definition) is 2. The third-order valence-electron chi connectivity index (χ3n) is 4.41. The van der Waals surface area contributed by atoms with Crippen molar-refractivity contribution in [1.29, 1.82) is 0 Å². The summed E-state index contributed by atoms with van der Waals surface area (Å²) in [7, 11) is 1.65. The van der Waals surface area contributed by atoms with E-state index in [1.165, 1.54) is 9.13 Å². The number of nitrogens with zero attached hydrogens (tertiary/aromatic N) is 2. The van der Waals surface area contributed by atoms with Gasteiger partial charge in [-0.2, -0.15) is 0 Å². The number of benzene rings is 2. The molecular formula is C20H22N4O4. The van der Waals surface area contributed by atoms with Gasteiger partial charge in [0.2, 0.25) is 0 Å². The first-order valence-corrected chi connectivity index (χ1v) is 8.94. The van der Waals surface area contributed by atoms with Gasteiger partial charge >= 0.3 is 5.69 Å². The number of rotatable bonds is 6. The molecule has 146 valence electrons. The number of para-hydroxylation sites is 3. The Kier molecular flexibility index (Phi) is 5.78. The Morgan fingerprint density at radius 1 is 0.964 bits per heavy atom. The van der Waals surface area contributed by atoms with Gasteiger partial charge < -0.3 is 4.74 Å². The standard InChI is InChI=1S/C20H22N4O4/c1-3-14-8-4-7-11-17(14)28-13-19(26)22-21-18(25)12-24-16-10-6-5-9-15(16)23(2)20(24)27/h4-11H,3,12-13H2,1-2H3,(H,21,25)(H,22,26). The second-order valence-corrected chi connectivity index (χ2v) is 6.26. The van der Waals surface area contributed by atoms with Crippen LogP contribution in [0.15, 0.2) is 53.3 Å². The van der Waals surface area contributed by atoms with E-state index in [0.717, 1.165) is 17.5 Å². The van der Waals surface area contributed by atoms with Crippen molar-refractivity contribution in [2.24, 2.45) is 7.05 Å². The van der Waals surface area contributed by atoms with Crippen LogP contribution < -0.4 is 21.3 Å². The fraction of sp³-hybridized carbons (Fsp3) is 0.250. The van der Waals surface area contributed by atoms with E-state index >= 15 is 0 Å². The molecular weight excluding hydrogens is 360 g/mol. The van der Waals surface area contributed by atoms with Gasteiger partial charge in [-0.15, -0.1) is 0 Å². The number of hydrogen-bond acceptors (Lipinski definition) is 4. The highest BCUT2D eigenvalue weighted by atomic mass is 16.5. The summed E-state index contributed by atoms with van der Waals surface area (Å²) in [4.78, 5) is 36.4. The molecule has 28 heavy (non-hydrogen) atoms. The lowest BCUT2D eigenvalue weighted by atomic mass is 10.1. The molecule has 0 aliphatic carbocycles.